The first-order chi connectivity index (χ1) is 11.6. The molecule has 1 saturated heterocycles. The van der Waals surface area contributed by atoms with Crippen LogP contribution in [0.2, 0.25) is 0 Å². The molecular formula is C18H15F2NO3. The number of likely N-dealkylation sites (tertiary alicyclic amines) is 1. The Morgan fingerprint density at radius 1 is 1.04 bits per heavy atom. The molecular weight excluding hydrogens is 316 g/mol. The molecule has 124 valence electrons. The van der Waals surface area contributed by atoms with Crippen molar-refractivity contribution >= 4 is 5.91 Å². The highest BCUT2D eigenvalue weighted by Gasteiger charge is 2.29. The maximum Gasteiger partial charge on any atom is 0.253 e. The van der Waals surface area contributed by atoms with Crippen LogP contribution in [0.1, 0.15) is 28.3 Å². The summed E-state index contributed by atoms with van der Waals surface area (Å²) >= 11 is 0. The van der Waals surface area contributed by atoms with E-state index in [1.54, 1.807) is 4.90 Å². The number of ether oxygens (including phenoxy) is 2. The van der Waals surface area contributed by atoms with Gasteiger partial charge in [0.05, 0.1) is 0 Å². The number of hydrogen-bond donors (Lipinski definition) is 0. The van der Waals surface area contributed by atoms with E-state index in [4.69, 9.17) is 9.47 Å². The number of carbonyl (C=O) groups excluding carboxylic acids is 1. The quantitative estimate of drug-likeness (QED) is 0.847. The monoisotopic (exact) mass is 331 g/mol. The Bertz CT molecular complexity index is 809. The summed E-state index contributed by atoms with van der Waals surface area (Å²) < 4.78 is 37.0. The van der Waals surface area contributed by atoms with E-state index in [0.29, 0.717) is 13.1 Å². The molecule has 0 bridgehead atoms. The second-order valence-corrected chi connectivity index (χ2v) is 5.98. The van der Waals surface area contributed by atoms with Gasteiger partial charge in [0.2, 0.25) is 6.79 Å². The number of carbonyl (C=O) groups is 1. The van der Waals surface area contributed by atoms with Gasteiger partial charge in [-0.05, 0) is 42.3 Å². The smallest absolute Gasteiger partial charge is 0.253 e. The number of hydrogen-bond acceptors (Lipinski definition) is 3. The van der Waals surface area contributed by atoms with Gasteiger partial charge in [0.1, 0.15) is 0 Å². The fraction of sp³-hybridized carbons (Fsp3) is 0.278. The van der Waals surface area contributed by atoms with Crippen LogP contribution in [0.5, 0.6) is 11.5 Å². The van der Waals surface area contributed by atoms with Crippen LogP contribution in [0.3, 0.4) is 0 Å². The first-order valence-electron chi connectivity index (χ1n) is 7.75. The van der Waals surface area contributed by atoms with Crippen LogP contribution in [-0.2, 0) is 0 Å². The summed E-state index contributed by atoms with van der Waals surface area (Å²) in [5.74, 6) is -0.603. The molecule has 24 heavy (non-hydrogen) atoms. The zero-order valence-electron chi connectivity index (χ0n) is 12.8. The van der Waals surface area contributed by atoms with Gasteiger partial charge in [-0.25, -0.2) is 8.78 Å². The van der Waals surface area contributed by atoms with Crippen molar-refractivity contribution in [3.05, 3.63) is 59.2 Å². The van der Waals surface area contributed by atoms with Gasteiger partial charge in [-0.2, -0.15) is 0 Å². The van der Waals surface area contributed by atoms with Crippen molar-refractivity contribution in [3.63, 3.8) is 0 Å². The van der Waals surface area contributed by atoms with Crippen molar-refractivity contribution < 1.29 is 23.0 Å². The fourth-order valence-corrected chi connectivity index (χ4v) is 3.20. The standard InChI is InChI=1S/C18H15F2NO3/c19-14-3-1-12(7-15(14)20)18(22)21-6-5-13(9-21)11-2-4-16-17(8-11)24-10-23-16/h1-4,7-8,13H,5-6,9-10H2. The minimum Gasteiger partial charge on any atom is -0.454 e. The molecule has 0 N–H and O–H groups in total. The predicted molar refractivity (Wildman–Crippen MR) is 82.2 cm³/mol. The fourth-order valence-electron chi connectivity index (χ4n) is 3.20. The number of rotatable bonds is 2. The van der Waals surface area contributed by atoms with Crippen molar-refractivity contribution in [1.82, 2.24) is 4.90 Å². The number of halogens is 2. The van der Waals surface area contributed by atoms with Gasteiger partial charge in [0.15, 0.2) is 23.1 Å². The first-order valence-corrected chi connectivity index (χ1v) is 7.75. The highest BCUT2D eigenvalue weighted by molar-refractivity contribution is 5.94. The number of benzene rings is 2. The van der Waals surface area contributed by atoms with Gasteiger partial charge in [-0.3, -0.25) is 4.79 Å². The summed E-state index contributed by atoms with van der Waals surface area (Å²) in [5.41, 5.74) is 1.25. The first kappa shape index (κ1) is 14.9. The van der Waals surface area contributed by atoms with Gasteiger partial charge in [-0.1, -0.05) is 6.07 Å². The Morgan fingerprint density at radius 3 is 2.71 bits per heavy atom. The molecule has 1 atom stereocenters. The molecule has 0 aromatic heterocycles. The summed E-state index contributed by atoms with van der Waals surface area (Å²) in [6.07, 6.45) is 0.815. The van der Waals surface area contributed by atoms with Gasteiger partial charge in [-0.15, -0.1) is 0 Å². The zero-order chi connectivity index (χ0) is 16.7. The predicted octanol–water partition coefficient (Wildman–Crippen LogP) is 3.32. The molecule has 0 saturated carbocycles. The lowest BCUT2D eigenvalue weighted by atomic mass is 9.98. The molecule has 4 rings (SSSR count). The Labute approximate surface area is 137 Å². The van der Waals surface area contributed by atoms with Crippen molar-refractivity contribution in [2.75, 3.05) is 19.9 Å². The van der Waals surface area contributed by atoms with E-state index in [0.717, 1.165) is 35.6 Å². The second-order valence-electron chi connectivity index (χ2n) is 5.98. The number of amides is 1. The molecule has 0 radical (unpaired) electrons. The van der Waals surface area contributed by atoms with Crippen molar-refractivity contribution in [2.45, 2.75) is 12.3 Å². The van der Waals surface area contributed by atoms with E-state index >= 15 is 0 Å². The number of nitrogens with zero attached hydrogens (tertiary/aromatic N) is 1. The lowest BCUT2D eigenvalue weighted by Crippen LogP contribution is -2.28. The molecule has 1 fully saturated rings. The Balaban J connectivity index is 1.49. The molecule has 1 amide bonds. The normalized spacial score (nSPS) is 18.9. The molecule has 6 heteroatoms. The average Bonchev–Trinajstić information content (AvgIpc) is 3.24. The highest BCUT2D eigenvalue weighted by atomic mass is 19.2. The van der Waals surface area contributed by atoms with Crippen LogP contribution in [0, 0.1) is 11.6 Å². The lowest BCUT2D eigenvalue weighted by molar-refractivity contribution is 0.0790. The van der Waals surface area contributed by atoms with Crippen molar-refractivity contribution in [2.24, 2.45) is 0 Å². The third-order valence-electron chi connectivity index (χ3n) is 4.51. The van der Waals surface area contributed by atoms with E-state index in [1.165, 1.54) is 6.07 Å². The van der Waals surface area contributed by atoms with E-state index in [-0.39, 0.29) is 24.2 Å². The molecule has 0 spiro atoms. The van der Waals surface area contributed by atoms with Crippen molar-refractivity contribution in [1.29, 1.82) is 0 Å². The minimum absolute atomic E-state index is 0.167. The van der Waals surface area contributed by atoms with Crippen LogP contribution < -0.4 is 9.47 Å². The van der Waals surface area contributed by atoms with E-state index in [9.17, 15) is 13.6 Å². The Hall–Kier alpha value is -2.63. The third kappa shape index (κ3) is 2.58. The van der Waals surface area contributed by atoms with Crippen LogP contribution in [-0.4, -0.2) is 30.7 Å². The summed E-state index contributed by atoms with van der Waals surface area (Å²) in [6, 6.07) is 9.04. The topological polar surface area (TPSA) is 38.8 Å². The largest absolute Gasteiger partial charge is 0.454 e. The summed E-state index contributed by atoms with van der Waals surface area (Å²) in [7, 11) is 0. The maximum atomic E-state index is 13.3. The van der Waals surface area contributed by atoms with Crippen molar-refractivity contribution in [3.8, 4) is 11.5 Å². The van der Waals surface area contributed by atoms with E-state index < -0.39 is 11.6 Å². The van der Waals surface area contributed by atoms with Crippen LogP contribution >= 0.6 is 0 Å². The summed E-state index contributed by atoms with van der Waals surface area (Å²) in [5, 5.41) is 0. The van der Waals surface area contributed by atoms with Crippen LogP contribution in [0.4, 0.5) is 8.78 Å². The van der Waals surface area contributed by atoms with Gasteiger partial charge < -0.3 is 14.4 Å². The lowest BCUT2D eigenvalue weighted by Gasteiger charge is -2.17. The highest BCUT2D eigenvalue weighted by Crippen LogP contribution is 2.37. The summed E-state index contributed by atoms with van der Waals surface area (Å²) in [6.45, 7) is 1.35. The molecule has 1 unspecified atom stereocenters. The SMILES string of the molecule is O=C(c1ccc(F)c(F)c1)N1CCC(c2ccc3c(c2)OCO3)C1. The van der Waals surface area contributed by atoms with Gasteiger partial charge in [0, 0.05) is 24.6 Å². The molecule has 2 aromatic rings. The second kappa shape index (κ2) is 5.78. The average molecular weight is 331 g/mol. The molecule has 2 heterocycles. The Kier molecular flexibility index (Phi) is 3.59. The van der Waals surface area contributed by atoms with E-state index in [2.05, 4.69) is 0 Å². The van der Waals surface area contributed by atoms with Gasteiger partial charge in [0.25, 0.3) is 5.91 Å². The van der Waals surface area contributed by atoms with Gasteiger partial charge >= 0.3 is 0 Å². The third-order valence-corrected chi connectivity index (χ3v) is 4.51. The molecule has 2 aliphatic heterocycles. The van der Waals surface area contributed by atoms with Crippen LogP contribution in [0.15, 0.2) is 36.4 Å². The van der Waals surface area contributed by atoms with E-state index in [1.807, 2.05) is 18.2 Å². The zero-order valence-corrected chi connectivity index (χ0v) is 12.8. The van der Waals surface area contributed by atoms with Crippen LogP contribution in [0.25, 0.3) is 0 Å². The molecule has 0 aliphatic carbocycles. The Morgan fingerprint density at radius 2 is 1.88 bits per heavy atom. The summed E-state index contributed by atoms with van der Waals surface area (Å²) in [4.78, 5) is 14.1. The minimum atomic E-state index is -1.01. The maximum absolute atomic E-state index is 13.3. The molecule has 2 aromatic carbocycles. The number of fused-ring (bicyclic) bond motifs is 1. The molecule has 2 aliphatic rings. The molecule has 4 nitrogen and oxygen atoms in total.